The van der Waals surface area contributed by atoms with Gasteiger partial charge in [-0.2, -0.15) is 0 Å². The molecule has 1 aliphatic carbocycles. The van der Waals surface area contributed by atoms with Crippen molar-refractivity contribution in [3.8, 4) is 0 Å². The van der Waals surface area contributed by atoms with Gasteiger partial charge in [-0.15, -0.1) is 0 Å². The molecule has 0 radical (unpaired) electrons. The highest BCUT2D eigenvalue weighted by atomic mass is 16.5. The van der Waals surface area contributed by atoms with Crippen LogP contribution in [0.2, 0.25) is 0 Å². The first-order chi connectivity index (χ1) is 8.35. The smallest absolute Gasteiger partial charge is 0.0810 e. The van der Waals surface area contributed by atoms with Gasteiger partial charge in [-0.05, 0) is 31.1 Å². The number of ether oxygens (including phenoxy) is 1. The third-order valence-corrected chi connectivity index (χ3v) is 2.92. The molecule has 1 aromatic rings. The molecule has 0 fully saturated rings. The van der Waals surface area contributed by atoms with Gasteiger partial charge in [0.2, 0.25) is 0 Å². The Hall–Kier alpha value is -1.48. The van der Waals surface area contributed by atoms with Crippen molar-refractivity contribution in [1.29, 1.82) is 0 Å². The van der Waals surface area contributed by atoms with Crippen LogP contribution in [0.5, 0.6) is 0 Å². The Morgan fingerprint density at radius 1 is 1.41 bits per heavy atom. The van der Waals surface area contributed by atoms with E-state index in [9.17, 15) is 0 Å². The Bertz CT molecular complexity index is 404. The minimum Gasteiger partial charge on any atom is -0.384 e. The maximum atomic E-state index is 5.40. The molecular weight excluding hydrogens is 212 g/mol. The summed E-state index contributed by atoms with van der Waals surface area (Å²) in [6, 6.07) is 4.08. The number of aromatic nitrogens is 1. The summed E-state index contributed by atoms with van der Waals surface area (Å²) in [5, 5.41) is 3.47. The molecule has 1 atom stereocenters. The van der Waals surface area contributed by atoms with E-state index in [2.05, 4.69) is 41.4 Å². The Labute approximate surface area is 103 Å². The van der Waals surface area contributed by atoms with Crippen molar-refractivity contribution >= 4 is 5.70 Å². The molecule has 1 unspecified atom stereocenters. The Balaban J connectivity index is 2.19. The number of methoxy groups -OCH3 is 1. The van der Waals surface area contributed by atoms with Crippen molar-refractivity contribution in [2.45, 2.75) is 25.9 Å². The van der Waals surface area contributed by atoms with Crippen LogP contribution in [0.1, 0.15) is 19.8 Å². The largest absolute Gasteiger partial charge is 0.384 e. The van der Waals surface area contributed by atoms with Crippen LogP contribution in [0.25, 0.3) is 5.70 Å². The zero-order valence-corrected chi connectivity index (χ0v) is 10.5. The van der Waals surface area contributed by atoms with Crippen molar-refractivity contribution in [3.63, 3.8) is 0 Å². The van der Waals surface area contributed by atoms with Crippen LogP contribution in [0.3, 0.4) is 0 Å². The van der Waals surface area contributed by atoms with Gasteiger partial charge < -0.3 is 14.6 Å². The lowest BCUT2D eigenvalue weighted by Crippen LogP contribution is -2.23. The van der Waals surface area contributed by atoms with Crippen LogP contribution in [-0.2, 0) is 4.74 Å². The van der Waals surface area contributed by atoms with Crippen LogP contribution in [-0.4, -0.2) is 24.3 Å². The molecule has 2 rings (SSSR count). The highest BCUT2D eigenvalue weighted by Crippen LogP contribution is 2.22. The lowest BCUT2D eigenvalue weighted by molar-refractivity contribution is 0.141. The first kappa shape index (κ1) is 12.0. The van der Waals surface area contributed by atoms with E-state index in [1.807, 2.05) is 12.1 Å². The lowest BCUT2D eigenvalue weighted by atomic mass is 10.1. The van der Waals surface area contributed by atoms with Gasteiger partial charge >= 0.3 is 0 Å². The number of allylic oxidation sites excluding steroid dienone is 1. The molecule has 1 heterocycles. The molecule has 1 aromatic heterocycles. The summed E-state index contributed by atoms with van der Waals surface area (Å²) in [4.78, 5) is 0. The van der Waals surface area contributed by atoms with Crippen LogP contribution in [0.4, 0.5) is 0 Å². The van der Waals surface area contributed by atoms with E-state index in [4.69, 9.17) is 4.74 Å². The van der Waals surface area contributed by atoms with Crippen LogP contribution in [0.15, 0.2) is 42.4 Å². The summed E-state index contributed by atoms with van der Waals surface area (Å²) in [6.07, 6.45) is 10.8. The number of nitrogens with zero attached hydrogens (tertiary/aromatic N) is 1. The zero-order valence-electron chi connectivity index (χ0n) is 10.5. The van der Waals surface area contributed by atoms with E-state index < -0.39 is 0 Å². The van der Waals surface area contributed by atoms with Gasteiger partial charge in [0, 0.05) is 26.0 Å². The van der Waals surface area contributed by atoms with Crippen LogP contribution >= 0.6 is 0 Å². The van der Waals surface area contributed by atoms with Gasteiger partial charge in [-0.25, -0.2) is 0 Å². The second-order valence-electron chi connectivity index (χ2n) is 4.20. The maximum absolute atomic E-state index is 5.40. The second kappa shape index (κ2) is 5.73. The fourth-order valence-corrected chi connectivity index (χ4v) is 1.99. The summed E-state index contributed by atoms with van der Waals surface area (Å²) < 4.78 is 7.54. The molecule has 0 aliphatic heterocycles. The monoisotopic (exact) mass is 232 g/mol. The van der Waals surface area contributed by atoms with Gasteiger partial charge in [0.25, 0.3) is 0 Å². The fraction of sp³-hybridized carbons (Fsp3) is 0.429. The summed E-state index contributed by atoms with van der Waals surface area (Å²) in [5.41, 5.74) is 2.39. The van der Waals surface area contributed by atoms with E-state index in [1.54, 1.807) is 7.11 Å². The summed E-state index contributed by atoms with van der Waals surface area (Å²) >= 11 is 0. The van der Waals surface area contributed by atoms with Crippen molar-refractivity contribution in [1.82, 2.24) is 9.88 Å². The predicted molar refractivity (Wildman–Crippen MR) is 70.5 cm³/mol. The van der Waals surface area contributed by atoms with E-state index in [1.165, 1.54) is 11.4 Å². The minimum atomic E-state index is 0.189. The van der Waals surface area contributed by atoms with E-state index in [0.717, 1.165) is 19.4 Å². The molecule has 0 saturated heterocycles. The third kappa shape index (κ3) is 2.80. The molecule has 0 saturated carbocycles. The molecule has 92 valence electrons. The quantitative estimate of drug-likeness (QED) is 0.844. The Morgan fingerprint density at radius 2 is 2.18 bits per heavy atom. The maximum Gasteiger partial charge on any atom is 0.0810 e. The zero-order chi connectivity index (χ0) is 12.1. The van der Waals surface area contributed by atoms with Crippen molar-refractivity contribution in [2.24, 2.45) is 0 Å². The third-order valence-electron chi connectivity index (χ3n) is 2.92. The molecule has 17 heavy (non-hydrogen) atoms. The summed E-state index contributed by atoms with van der Waals surface area (Å²) in [7, 11) is 1.76. The van der Waals surface area contributed by atoms with Gasteiger partial charge in [-0.1, -0.05) is 13.0 Å². The normalized spacial score (nSPS) is 19.8. The van der Waals surface area contributed by atoms with Crippen LogP contribution < -0.4 is 5.32 Å². The molecule has 3 nitrogen and oxygen atoms in total. The standard InChI is InChI=1S/C14H20N2O/c1-3-8-15-13-11-12(17-2)6-7-14(13)16-9-4-5-10-16/h4-5,7,9-12,15H,3,6,8H2,1-2H3. The molecule has 0 amide bonds. The summed E-state index contributed by atoms with van der Waals surface area (Å²) in [6.45, 7) is 3.16. The molecule has 0 aromatic carbocycles. The van der Waals surface area contributed by atoms with Crippen LogP contribution in [0, 0.1) is 0 Å². The van der Waals surface area contributed by atoms with Crippen molar-refractivity contribution < 1.29 is 4.74 Å². The highest BCUT2D eigenvalue weighted by molar-refractivity contribution is 5.65. The molecule has 1 N–H and O–H groups in total. The van der Waals surface area contributed by atoms with E-state index in [0.29, 0.717) is 0 Å². The predicted octanol–water partition coefficient (Wildman–Crippen LogP) is 2.63. The molecule has 0 spiro atoms. The average molecular weight is 232 g/mol. The average Bonchev–Trinajstić information content (AvgIpc) is 2.89. The van der Waals surface area contributed by atoms with Gasteiger partial charge in [-0.3, -0.25) is 0 Å². The molecular formula is C14H20N2O. The topological polar surface area (TPSA) is 26.2 Å². The van der Waals surface area contributed by atoms with Gasteiger partial charge in [0.05, 0.1) is 17.5 Å². The lowest BCUT2D eigenvalue weighted by Gasteiger charge is -2.23. The van der Waals surface area contributed by atoms with E-state index in [-0.39, 0.29) is 6.10 Å². The van der Waals surface area contributed by atoms with Crippen molar-refractivity contribution in [2.75, 3.05) is 13.7 Å². The molecule has 1 aliphatic rings. The highest BCUT2D eigenvalue weighted by Gasteiger charge is 2.15. The Kier molecular flexibility index (Phi) is 4.04. The molecule has 3 heteroatoms. The number of hydrogen-bond donors (Lipinski definition) is 1. The SMILES string of the molecule is CCCNC1=CC(OC)CC=C1n1cccc1. The Morgan fingerprint density at radius 3 is 2.82 bits per heavy atom. The number of hydrogen-bond acceptors (Lipinski definition) is 2. The number of nitrogens with one attached hydrogen (secondary N) is 1. The number of rotatable bonds is 5. The van der Waals surface area contributed by atoms with Gasteiger partial charge in [0.15, 0.2) is 0 Å². The van der Waals surface area contributed by atoms with Gasteiger partial charge in [0.1, 0.15) is 0 Å². The minimum absolute atomic E-state index is 0.189. The van der Waals surface area contributed by atoms with E-state index >= 15 is 0 Å². The van der Waals surface area contributed by atoms with Crippen molar-refractivity contribution in [3.05, 3.63) is 42.4 Å². The summed E-state index contributed by atoms with van der Waals surface area (Å²) in [5.74, 6) is 0. The second-order valence-corrected chi connectivity index (χ2v) is 4.20. The molecule has 0 bridgehead atoms. The first-order valence-corrected chi connectivity index (χ1v) is 6.17. The fourth-order valence-electron chi connectivity index (χ4n) is 1.99. The first-order valence-electron chi connectivity index (χ1n) is 6.17.